The number of hydrogen-bond acceptors (Lipinski definition) is 7. The van der Waals surface area contributed by atoms with Gasteiger partial charge in [-0.3, -0.25) is 4.79 Å². The molecule has 0 saturated carbocycles. The van der Waals surface area contributed by atoms with Gasteiger partial charge in [-0.25, -0.2) is 4.63 Å². The molecule has 4 rings (SSSR count). The lowest BCUT2D eigenvalue weighted by Gasteiger charge is -2.16. The fourth-order valence-corrected chi connectivity index (χ4v) is 3.35. The van der Waals surface area contributed by atoms with Crippen LogP contribution in [0.4, 0.5) is 13.2 Å². The number of fused-ring (bicyclic) bond motifs is 1. The van der Waals surface area contributed by atoms with Gasteiger partial charge >= 0.3 is 6.18 Å². The normalized spacial score (nSPS) is 11.5. The van der Waals surface area contributed by atoms with Gasteiger partial charge in [-0.15, -0.1) is 0 Å². The molecule has 2 aromatic heterocycles. The molecule has 0 N–H and O–H groups in total. The van der Waals surface area contributed by atoms with Crippen LogP contribution in [0.15, 0.2) is 47.1 Å². The smallest absolute Gasteiger partial charge is 0.421 e. The van der Waals surface area contributed by atoms with E-state index in [1.54, 1.807) is 30.3 Å². The van der Waals surface area contributed by atoms with Crippen LogP contribution in [0.1, 0.15) is 21.5 Å². The number of halogens is 5. The summed E-state index contributed by atoms with van der Waals surface area (Å²) in [4.78, 5) is 15.3. The lowest BCUT2D eigenvalue weighted by Crippen LogP contribution is -2.11. The molecular weight excluding hydrogens is 566 g/mol. The third-order valence-corrected chi connectivity index (χ3v) is 5.84. The largest absolute Gasteiger partial charge is 0.472 e. The molecule has 2 heterocycles. The molecule has 0 aliphatic carbocycles. The lowest BCUT2D eigenvalue weighted by atomic mass is 10.2. The second kappa shape index (κ2) is 8.90. The average Bonchev–Trinajstić information content (AvgIpc) is 3.22. The molecule has 7 nitrogen and oxygen atoms in total. The van der Waals surface area contributed by atoms with Gasteiger partial charge in [-0.2, -0.15) is 18.2 Å². The molecule has 0 aliphatic heterocycles. The van der Waals surface area contributed by atoms with E-state index in [1.165, 1.54) is 6.07 Å². The second-order valence-corrected chi connectivity index (χ2v) is 7.92. The van der Waals surface area contributed by atoms with Crippen LogP contribution in [0.3, 0.4) is 0 Å². The van der Waals surface area contributed by atoms with E-state index in [-0.39, 0.29) is 35.1 Å². The number of ether oxygens (including phenoxy) is 2. The zero-order valence-corrected chi connectivity index (χ0v) is 18.6. The summed E-state index contributed by atoms with van der Waals surface area (Å²) in [5, 5.41) is 7.52. The third kappa shape index (κ3) is 4.63. The number of alkyl halides is 3. The Morgan fingerprint density at radius 2 is 1.88 bits per heavy atom. The molecule has 12 heteroatoms. The Hall–Kier alpha value is -2.93. The van der Waals surface area contributed by atoms with Crippen LogP contribution in [0.25, 0.3) is 11.0 Å². The summed E-state index contributed by atoms with van der Waals surface area (Å²) in [6.45, 7) is -0.106. The first-order valence-electron chi connectivity index (χ1n) is 8.79. The van der Waals surface area contributed by atoms with Crippen molar-refractivity contribution in [2.24, 2.45) is 0 Å². The number of aldehydes is 1. The molecule has 0 atom stereocenters. The molecule has 2 aromatic carbocycles. The van der Waals surface area contributed by atoms with E-state index in [0.717, 1.165) is 0 Å². The van der Waals surface area contributed by atoms with Crippen LogP contribution in [0, 0.1) is 3.57 Å². The minimum absolute atomic E-state index is 0.0228. The number of pyridine rings is 1. The van der Waals surface area contributed by atoms with Gasteiger partial charge in [0.1, 0.15) is 29.0 Å². The number of carbonyl (C=O) groups is 1. The van der Waals surface area contributed by atoms with Crippen molar-refractivity contribution in [2.45, 2.75) is 12.8 Å². The average molecular weight is 576 g/mol. The SMILES string of the molecule is O=Cc1cc(C(F)(F)F)c(Oc2cccc(I)c2Cl)nc1OCc1ccc2nonc2c1. The first-order valence-corrected chi connectivity index (χ1v) is 10.2. The van der Waals surface area contributed by atoms with E-state index >= 15 is 0 Å². The van der Waals surface area contributed by atoms with Crippen molar-refractivity contribution < 1.29 is 32.1 Å². The summed E-state index contributed by atoms with van der Waals surface area (Å²) in [7, 11) is 0. The van der Waals surface area contributed by atoms with Gasteiger partial charge in [0, 0.05) is 3.57 Å². The molecule has 0 bridgehead atoms. The molecule has 0 saturated heterocycles. The maximum atomic E-state index is 13.6. The Kier molecular flexibility index (Phi) is 6.20. The number of aromatic nitrogens is 3. The van der Waals surface area contributed by atoms with Gasteiger partial charge < -0.3 is 9.47 Å². The number of rotatable bonds is 6. The molecule has 0 fully saturated rings. The van der Waals surface area contributed by atoms with Crippen molar-refractivity contribution in [2.75, 3.05) is 0 Å². The van der Waals surface area contributed by atoms with E-state index in [2.05, 4.69) is 19.9 Å². The van der Waals surface area contributed by atoms with Crippen molar-refractivity contribution in [3.63, 3.8) is 0 Å². The Labute approximate surface area is 196 Å². The van der Waals surface area contributed by atoms with Gasteiger partial charge in [0.25, 0.3) is 0 Å². The topological polar surface area (TPSA) is 87.3 Å². The summed E-state index contributed by atoms with van der Waals surface area (Å²) in [6, 6.07) is 10.2. The highest BCUT2D eigenvalue weighted by atomic mass is 127. The molecule has 4 aromatic rings. The lowest BCUT2D eigenvalue weighted by molar-refractivity contribution is -0.138. The van der Waals surface area contributed by atoms with Crippen molar-refractivity contribution in [3.05, 3.63) is 67.7 Å². The van der Waals surface area contributed by atoms with E-state index in [1.807, 2.05) is 22.6 Å². The van der Waals surface area contributed by atoms with Gasteiger partial charge in [-0.1, -0.05) is 23.7 Å². The highest BCUT2D eigenvalue weighted by molar-refractivity contribution is 14.1. The quantitative estimate of drug-likeness (QED) is 0.203. The Bertz CT molecular complexity index is 1310. The maximum absolute atomic E-state index is 13.6. The van der Waals surface area contributed by atoms with Crippen molar-refractivity contribution in [1.29, 1.82) is 0 Å². The van der Waals surface area contributed by atoms with Crippen LogP contribution < -0.4 is 9.47 Å². The molecule has 164 valence electrons. The minimum atomic E-state index is -4.84. The van der Waals surface area contributed by atoms with Crippen LogP contribution in [-0.2, 0) is 12.8 Å². The first kappa shape index (κ1) is 22.3. The highest BCUT2D eigenvalue weighted by Gasteiger charge is 2.37. The molecule has 0 aliphatic rings. The van der Waals surface area contributed by atoms with E-state index in [4.69, 9.17) is 21.1 Å². The zero-order chi connectivity index (χ0) is 22.9. The summed E-state index contributed by atoms with van der Waals surface area (Å²) in [5.41, 5.74) is -0.0195. The van der Waals surface area contributed by atoms with Gasteiger partial charge in [0.05, 0.1) is 10.6 Å². The molecule has 0 radical (unpaired) electrons. The molecular formula is C20H10ClF3IN3O4. The minimum Gasteiger partial charge on any atom is -0.472 e. The van der Waals surface area contributed by atoms with Gasteiger partial charge in [-0.05, 0) is 68.8 Å². The fraction of sp³-hybridized carbons (Fsp3) is 0.100. The predicted octanol–water partition coefficient (Wildman–Crippen LogP) is 6.08. The fourth-order valence-electron chi connectivity index (χ4n) is 2.71. The van der Waals surface area contributed by atoms with Gasteiger partial charge in [0.15, 0.2) is 6.29 Å². The third-order valence-electron chi connectivity index (χ3n) is 4.23. The summed E-state index contributed by atoms with van der Waals surface area (Å²) >= 11 is 8.06. The number of nitrogens with zero attached hydrogens (tertiary/aromatic N) is 3. The number of hydrogen-bond donors (Lipinski definition) is 0. The molecule has 0 unspecified atom stereocenters. The summed E-state index contributed by atoms with van der Waals surface area (Å²) in [5.74, 6) is -1.15. The predicted molar refractivity (Wildman–Crippen MR) is 115 cm³/mol. The molecule has 0 amide bonds. The zero-order valence-electron chi connectivity index (χ0n) is 15.7. The Balaban J connectivity index is 1.70. The van der Waals surface area contributed by atoms with Crippen molar-refractivity contribution in [3.8, 4) is 17.5 Å². The summed E-state index contributed by atoms with van der Waals surface area (Å²) in [6.07, 6.45) is -4.61. The van der Waals surface area contributed by atoms with E-state index in [9.17, 15) is 18.0 Å². The van der Waals surface area contributed by atoms with Crippen LogP contribution in [0.2, 0.25) is 5.02 Å². The highest BCUT2D eigenvalue weighted by Crippen LogP contribution is 2.41. The number of carbonyl (C=O) groups excluding carboxylic acids is 1. The van der Waals surface area contributed by atoms with Crippen LogP contribution in [0.5, 0.6) is 17.5 Å². The molecule has 32 heavy (non-hydrogen) atoms. The number of benzene rings is 2. The summed E-state index contributed by atoms with van der Waals surface area (Å²) < 4.78 is 57.0. The Morgan fingerprint density at radius 1 is 1.09 bits per heavy atom. The van der Waals surface area contributed by atoms with Crippen molar-refractivity contribution in [1.82, 2.24) is 15.3 Å². The second-order valence-electron chi connectivity index (χ2n) is 6.38. The first-order chi connectivity index (χ1) is 15.3. The standard InChI is InChI=1S/C20H10ClF3IN3O4/c21-17-13(25)2-1-3-16(17)31-19-12(20(22,23)24)7-11(8-29)18(26-19)30-9-10-4-5-14-15(6-10)28-32-27-14/h1-8H,9H2. The van der Waals surface area contributed by atoms with E-state index in [0.29, 0.717) is 26.2 Å². The van der Waals surface area contributed by atoms with Crippen LogP contribution >= 0.6 is 34.2 Å². The van der Waals surface area contributed by atoms with Crippen LogP contribution in [-0.4, -0.2) is 21.6 Å². The molecule has 0 spiro atoms. The van der Waals surface area contributed by atoms with Crippen molar-refractivity contribution >= 4 is 51.5 Å². The van der Waals surface area contributed by atoms with Gasteiger partial charge in [0.2, 0.25) is 11.8 Å². The maximum Gasteiger partial charge on any atom is 0.421 e. The Morgan fingerprint density at radius 3 is 2.62 bits per heavy atom. The monoisotopic (exact) mass is 575 g/mol. The van der Waals surface area contributed by atoms with E-state index < -0.39 is 17.6 Å².